The number of fused-ring (bicyclic) bond motifs is 1. The van der Waals surface area contributed by atoms with Crippen molar-refractivity contribution in [2.45, 2.75) is 31.4 Å². The lowest BCUT2D eigenvalue weighted by molar-refractivity contribution is 0.0760. The monoisotopic (exact) mass is 298 g/mol. The molecule has 2 atom stereocenters. The summed E-state index contributed by atoms with van der Waals surface area (Å²) in [5.41, 5.74) is 1.99. The van der Waals surface area contributed by atoms with Crippen LogP contribution in [0, 0.1) is 11.3 Å². The number of unbranched alkanes of at least 4 members (excludes halogenated alkanes) is 1. The van der Waals surface area contributed by atoms with Gasteiger partial charge in [-0.2, -0.15) is 5.26 Å². The van der Waals surface area contributed by atoms with E-state index < -0.39 is 6.10 Å². The molecule has 0 fully saturated rings. The van der Waals surface area contributed by atoms with Gasteiger partial charge in [0.2, 0.25) is 0 Å². The number of nitriles is 1. The number of rotatable bonds is 4. The summed E-state index contributed by atoms with van der Waals surface area (Å²) in [4.78, 5) is 2.07. The van der Waals surface area contributed by atoms with E-state index in [0.29, 0.717) is 22.9 Å². The predicted octanol–water partition coefficient (Wildman–Crippen LogP) is 3.19. The Labute approximate surface area is 123 Å². The Bertz CT molecular complexity index is 513. The molecule has 0 radical (unpaired) electrons. The molecule has 1 aromatic carbocycles. The van der Waals surface area contributed by atoms with Crippen LogP contribution in [0.3, 0.4) is 0 Å². The van der Waals surface area contributed by atoms with Crippen molar-refractivity contribution in [1.29, 1.82) is 5.26 Å². The number of benzene rings is 1. The Balaban J connectivity index is 2.22. The third kappa shape index (κ3) is 3.04. The largest absolute Gasteiger partial charge is 0.391 e. The molecule has 19 heavy (non-hydrogen) atoms. The first-order valence-corrected chi connectivity index (χ1v) is 7.03. The summed E-state index contributed by atoms with van der Waals surface area (Å²) in [6.07, 6.45) is 1.40. The average Bonchev–Trinajstić information content (AvgIpc) is 2.66. The van der Waals surface area contributed by atoms with Gasteiger partial charge >= 0.3 is 0 Å². The average molecular weight is 299 g/mol. The summed E-state index contributed by atoms with van der Waals surface area (Å²) in [6.45, 7) is 0.763. The van der Waals surface area contributed by atoms with Crippen LogP contribution in [-0.4, -0.2) is 29.7 Å². The second-order valence-corrected chi connectivity index (χ2v) is 5.76. The molecule has 2 unspecified atom stereocenters. The van der Waals surface area contributed by atoms with Crippen LogP contribution in [0.1, 0.15) is 30.0 Å². The highest BCUT2D eigenvalue weighted by Crippen LogP contribution is 2.40. The molecule has 0 amide bonds. The van der Waals surface area contributed by atoms with E-state index in [0.717, 1.165) is 24.1 Å². The fraction of sp³-hybridized carbons (Fsp3) is 0.500. The molecule has 0 spiro atoms. The third-order valence-electron chi connectivity index (χ3n) is 3.57. The van der Waals surface area contributed by atoms with E-state index in [2.05, 4.69) is 11.0 Å². The lowest BCUT2D eigenvalue weighted by Gasteiger charge is -2.27. The van der Waals surface area contributed by atoms with Crippen LogP contribution in [-0.2, 0) is 6.42 Å². The first-order valence-electron chi connectivity index (χ1n) is 6.27. The number of likely N-dealkylation sites (N-methyl/N-ethyl adjacent to an activating group) is 1. The highest BCUT2D eigenvalue weighted by atomic mass is 35.5. The molecule has 102 valence electrons. The van der Waals surface area contributed by atoms with E-state index in [1.165, 1.54) is 0 Å². The fourth-order valence-corrected chi connectivity index (χ4v) is 3.29. The quantitative estimate of drug-likeness (QED) is 0.869. The van der Waals surface area contributed by atoms with Crippen molar-refractivity contribution in [3.8, 4) is 6.07 Å². The van der Waals surface area contributed by atoms with Gasteiger partial charge < -0.3 is 5.11 Å². The minimum Gasteiger partial charge on any atom is -0.391 e. The molecular formula is C14H16Cl2N2O. The lowest BCUT2D eigenvalue weighted by atomic mass is 10.1. The second kappa shape index (κ2) is 6.11. The maximum atomic E-state index is 10.2. The predicted molar refractivity (Wildman–Crippen MR) is 76.4 cm³/mol. The zero-order chi connectivity index (χ0) is 14.0. The van der Waals surface area contributed by atoms with Crippen LogP contribution in [0.15, 0.2) is 12.1 Å². The van der Waals surface area contributed by atoms with Gasteiger partial charge in [0.15, 0.2) is 0 Å². The first-order chi connectivity index (χ1) is 9.04. The number of aliphatic hydroxyl groups excluding tert-OH is 1. The highest BCUT2D eigenvalue weighted by molar-refractivity contribution is 6.35. The Morgan fingerprint density at radius 2 is 2.21 bits per heavy atom. The maximum Gasteiger partial charge on any atom is 0.0777 e. The standard InChI is InChI=1S/C14H16Cl2N2O/c1-18(5-3-2-4-17)14-11-6-9(15)7-12(16)10(11)8-13(14)19/h6-7,13-14,19H,2-3,5,8H2,1H3. The van der Waals surface area contributed by atoms with Crippen molar-refractivity contribution in [2.24, 2.45) is 0 Å². The van der Waals surface area contributed by atoms with Crippen molar-refractivity contribution in [1.82, 2.24) is 4.90 Å². The molecule has 0 heterocycles. The van der Waals surface area contributed by atoms with Gasteiger partial charge in [0.1, 0.15) is 0 Å². The van der Waals surface area contributed by atoms with E-state index in [-0.39, 0.29) is 6.04 Å². The summed E-state index contributed by atoms with van der Waals surface area (Å²) >= 11 is 12.2. The highest BCUT2D eigenvalue weighted by Gasteiger charge is 2.35. The van der Waals surface area contributed by atoms with Gasteiger partial charge in [0.25, 0.3) is 0 Å². The molecule has 5 heteroatoms. The number of hydrogen-bond acceptors (Lipinski definition) is 3. The van der Waals surface area contributed by atoms with Crippen LogP contribution < -0.4 is 0 Å². The molecule has 2 rings (SSSR count). The minimum atomic E-state index is -0.474. The van der Waals surface area contributed by atoms with Gasteiger partial charge in [0, 0.05) is 22.9 Å². The lowest BCUT2D eigenvalue weighted by Crippen LogP contribution is -2.31. The van der Waals surface area contributed by atoms with Crippen LogP contribution in [0.5, 0.6) is 0 Å². The topological polar surface area (TPSA) is 47.3 Å². The summed E-state index contributed by atoms with van der Waals surface area (Å²) < 4.78 is 0. The van der Waals surface area contributed by atoms with E-state index in [1.807, 2.05) is 13.1 Å². The molecule has 3 nitrogen and oxygen atoms in total. The normalized spacial score (nSPS) is 21.5. The smallest absolute Gasteiger partial charge is 0.0777 e. The molecule has 0 bridgehead atoms. The van der Waals surface area contributed by atoms with Gasteiger partial charge in [-0.05, 0) is 43.3 Å². The van der Waals surface area contributed by atoms with Gasteiger partial charge in [0.05, 0.1) is 18.2 Å². The Morgan fingerprint density at radius 1 is 1.47 bits per heavy atom. The van der Waals surface area contributed by atoms with Crippen molar-refractivity contribution in [3.05, 3.63) is 33.3 Å². The van der Waals surface area contributed by atoms with E-state index in [4.69, 9.17) is 28.5 Å². The Hall–Kier alpha value is -0.790. The van der Waals surface area contributed by atoms with Crippen LogP contribution in [0.25, 0.3) is 0 Å². The molecule has 1 N–H and O–H groups in total. The summed E-state index contributed by atoms with van der Waals surface area (Å²) in [7, 11) is 1.95. The zero-order valence-electron chi connectivity index (χ0n) is 10.7. The van der Waals surface area contributed by atoms with Gasteiger partial charge in [-0.3, -0.25) is 4.90 Å². The molecule has 0 aliphatic heterocycles. The first kappa shape index (κ1) is 14.6. The van der Waals surface area contributed by atoms with Crippen LogP contribution in [0.2, 0.25) is 10.0 Å². The molecule has 0 saturated heterocycles. The summed E-state index contributed by atoms with van der Waals surface area (Å²) in [5.74, 6) is 0. The fourth-order valence-electron chi connectivity index (χ4n) is 2.71. The Kier molecular flexibility index (Phi) is 4.70. The molecule has 1 aromatic rings. The van der Waals surface area contributed by atoms with E-state index >= 15 is 0 Å². The molecule has 1 aliphatic carbocycles. The van der Waals surface area contributed by atoms with E-state index in [9.17, 15) is 5.11 Å². The second-order valence-electron chi connectivity index (χ2n) is 4.91. The minimum absolute atomic E-state index is 0.0927. The number of hydrogen-bond donors (Lipinski definition) is 1. The third-order valence-corrected chi connectivity index (χ3v) is 4.12. The van der Waals surface area contributed by atoms with Crippen LogP contribution in [0.4, 0.5) is 0 Å². The maximum absolute atomic E-state index is 10.2. The Morgan fingerprint density at radius 3 is 2.89 bits per heavy atom. The SMILES string of the molecule is CN(CCCC#N)C1c2cc(Cl)cc(Cl)c2CC1O. The number of halogens is 2. The van der Waals surface area contributed by atoms with Crippen molar-refractivity contribution in [3.63, 3.8) is 0 Å². The molecule has 0 aromatic heterocycles. The van der Waals surface area contributed by atoms with Gasteiger partial charge in [-0.1, -0.05) is 23.2 Å². The van der Waals surface area contributed by atoms with Crippen molar-refractivity contribution in [2.75, 3.05) is 13.6 Å². The molecule has 1 aliphatic rings. The summed E-state index contributed by atoms with van der Waals surface area (Å²) in [6, 6.07) is 5.63. The zero-order valence-corrected chi connectivity index (χ0v) is 12.2. The van der Waals surface area contributed by atoms with E-state index in [1.54, 1.807) is 6.07 Å². The number of nitrogens with zero attached hydrogens (tertiary/aromatic N) is 2. The molecule has 0 saturated carbocycles. The summed E-state index contributed by atoms with van der Waals surface area (Å²) in [5, 5.41) is 20.0. The molecular weight excluding hydrogens is 283 g/mol. The van der Waals surface area contributed by atoms with Gasteiger partial charge in [-0.25, -0.2) is 0 Å². The van der Waals surface area contributed by atoms with Crippen molar-refractivity contribution < 1.29 is 5.11 Å². The van der Waals surface area contributed by atoms with Crippen LogP contribution >= 0.6 is 23.2 Å². The van der Waals surface area contributed by atoms with Crippen molar-refractivity contribution >= 4 is 23.2 Å². The van der Waals surface area contributed by atoms with Gasteiger partial charge in [-0.15, -0.1) is 0 Å². The number of aliphatic hydroxyl groups is 1.